The van der Waals surface area contributed by atoms with Gasteiger partial charge in [0.05, 0.1) is 26.0 Å². The molecular weight excluding hydrogens is 206 g/mol. The van der Waals surface area contributed by atoms with Gasteiger partial charge in [0, 0.05) is 5.41 Å². The lowest BCUT2D eigenvalue weighted by Gasteiger charge is -2.34. The van der Waals surface area contributed by atoms with E-state index >= 15 is 0 Å². The third-order valence-corrected chi connectivity index (χ3v) is 2.34. The summed E-state index contributed by atoms with van der Waals surface area (Å²) in [6, 6.07) is 0. The summed E-state index contributed by atoms with van der Waals surface area (Å²) in [5.41, 5.74) is 0.610. The second-order valence-electron chi connectivity index (χ2n) is 4.69. The van der Waals surface area contributed by atoms with Gasteiger partial charge in [-0.2, -0.15) is 0 Å². The molecule has 0 aromatic carbocycles. The summed E-state index contributed by atoms with van der Waals surface area (Å²) in [5.74, 6) is 2.42. The molecule has 1 aliphatic rings. The molecule has 0 unspecified atom stereocenters. The SMILES string of the molecule is C#Cc1cn(CC2OCC(C)(C)CO2)nn1. The number of nitrogens with zero attached hydrogens (tertiary/aromatic N) is 3. The van der Waals surface area contributed by atoms with Gasteiger partial charge in [0.15, 0.2) is 12.0 Å². The Morgan fingerprint density at radius 3 is 2.81 bits per heavy atom. The molecule has 1 aromatic heterocycles. The summed E-state index contributed by atoms with van der Waals surface area (Å²) in [4.78, 5) is 0. The van der Waals surface area contributed by atoms with Gasteiger partial charge in [-0.05, 0) is 5.92 Å². The fourth-order valence-corrected chi connectivity index (χ4v) is 1.44. The van der Waals surface area contributed by atoms with E-state index in [1.165, 1.54) is 0 Å². The van der Waals surface area contributed by atoms with Gasteiger partial charge in [-0.25, -0.2) is 4.68 Å². The lowest BCUT2D eigenvalue weighted by molar-refractivity contribution is -0.227. The molecule has 1 aromatic rings. The molecule has 1 fully saturated rings. The smallest absolute Gasteiger partial charge is 0.177 e. The number of hydrogen-bond acceptors (Lipinski definition) is 4. The predicted octanol–water partition coefficient (Wildman–Crippen LogP) is 0.658. The van der Waals surface area contributed by atoms with Crippen molar-refractivity contribution in [2.45, 2.75) is 26.7 Å². The predicted molar refractivity (Wildman–Crippen MR) is 57.4 cm³/mol. The average molecular weight is 221 g/mol. The Bertz CT molecular complexity index is 396. The summed E-state index contributed by atoms with van der Waals surface area (Å²) < 4.78 is 12.8. The molecule has 2 rings (SSSR count). The normalized spacial score (nSPS) is 20.6. The third kappa shape index (κ3) is 2.60. The van der Waals surface area contributed by atoms with Gasteiger partial charge in [0.2, 0.25) is 0 Å². The molecule has 0 aliphatic carbocycles. The van der Waals surface area contributed by atoms with E-state index in [0.29, 0.717) is 25.5 Å². The number of aromatic nitrogens is 3. The molecule has 2 heterocycles. The Morgan fingerprint density at radius 2 is 2.25 bits per heavy atom. The van der Waals surface area contributed by atoms with E-state index in [4.69, 9.17) is 15.9 Å². The van der Waals surface area contributed by atoms with Gasteiger partial charge < -0.3 is 9.47 Å². The van der Waals surface area contributed by atoms with Crippen molar-refractivity contribution in [1.82, 2.24) is 15.0 Å². The third-order valence-electron chi connectivity index (χ3n) is 2.34. The van der Waals surface area contributed by atoms with Crippen LogP contribution in [-0.4, -0.2) is 34.5 Å². The van der Waals surface area contributed by atoms with Crippen molar-refractivity contribution in [3.8, 4) is 12.3 Å². The van der Waals surface area contributed by atoms with E-state index in [2.05, 4.69) is 30.1 Å². The molecule has 0 saturated carbocycles. The van der Waals surface area contributed by atoms with Crippen molar-refractivity contribution < 1.29 is 9.47 Å². The minimum Gasteiger partial charge on any atom is -0.350 e. The lowest BCUT2D eigenvalue weighted by atomic mass is 9.96. The van der Waals surface area contributed by atoms with Crippen LogP contribution in [0.1, 0.15) is 19.5 Å². The molecule has 0 radical (unpaired) electrons. The summed E-state index contributed by atoms with van der Waals surface area (Å²) in [6.07, 6.45) is 6.64. The largest absolute Gasteiger partial charge is 0.350 e. The Balaban J connectivity index is 1.90. The van der Waals surface area contributed by atoms with Crippen LogP contribution in [0.5, 0.6) is 0 Å². The number of hydrogen-bond donors (Lipinski definition) is 0. The first-order chi connectivity index (χ1) is 7.59. The molecule has 0 bridgehead atoms. The molecule has 16 heavy (non-hydrogen) atoms. The Hall–Kier alpha value is -1.38. The molecule has 0 atom stereocenters. The maximum Gasteiger partial charge on any atom is 0.177 e. The van der Waals surface area contributed by atoms with Crippen molar-refractivity contribution in [1.29, 1.82) is 0 Å². The highest BCUT2D eigenvalue weighted by Gasteiger charge is 2.28. The molecule has 0 N–H and O–H groups in total. The van der Waals surface area contributed by atoms with Gasteiger partial charge in [0.25, 0.3) is 0 Å². The van der Waals surface area contributed by atoms with E-state index in [0.717, 1.165) is 0 Å². The van der Waals surface area contributed by atoms with Crippen molar-refractivity contribution in [2.24, 2.45) is 5.41 Å². The molecule has 0 spiro atoms. The zero-order chi connectivity index (χ0) is 11.6. The van der Waals surface area contributed by atoms with Gasteiger partial charge in [-0.15, -0.1) is 11.5 Å². The van der Waals surface area contributed by atoms with Crippen LogP contribution >= 0.6 is 0 Å². The summed E-state index contributed by atoms with van der Waals surface area (Å²) in [6.45, 7) is 6.11. The molecule has 5 nitrogen and oxygen atoms in total. The van der Waals surface area contributed by atoms with Crippen molar-refractivity contribution in [3.63, 3.8) is 0 Å². The van der Waals surface area contributed by atoms with Crippen molar-refractivity contribution in [3.05, 3.63) is 11.9 Å². The first kappa shape index (κ1) is 11.1. The van der Waals surface area contributed by atoms with Gasteiger partial charge in [0.1, 0.15) is 0 Å². The highest BCUT2D eigenvalue weighted by molar-refractivity contribution is 5.18. The summed E-state index contributed by atoms with van der Waals surface area (Å²) >= 11 is 0. The zero-order valence-electron chi connectivity index (χ0n) is 9.51. The van der Waals surface area contributed by atoms with Crippen LogP contribution in [0.25, 0.3) is 0 Å². The molecule has 0 amide bonds. The van der Waals surface area contributed by atoms with E-state index in [1.54, 1.807) is 10.9 Å². The fraction of sp³-hybridized carbons (Fsp3) is 0.636. The maximum absolute atomic E-state index is 5.58. The minimum absolute atomic E-state index is 0.0862. The second-order valence-corrected chi connectivity index (χ2v) is 4.69. The quantitative estimate of drug-likeness (QED) is 0.688. The standard InChI is InChI=1S/C11H15N3O2/c1-4-9-5-14(13-12-9)6-10-15-7-11(2,3)8-16-10/h1,5,10H,6-8H2,2-3H3. The number of ether oxygens (including phenoxy) is 2. The summed E-state index contributed by atoms with van der Waals surface area (Å²) in [5, 5.41) is 7.68. The van der Waals surface area contributed by atoms with Gasteiger partial charge >= 0.3 is 0 Å². The molecular formula is C11H15N3O2. The van der Waals surface area contributed by atoms with Crippen LogP contribution in [0.15, 0.2) is 6.20 Å². The highest BCUT2D eigenvalue weighted by Crippen LogP contribution is 2.23. The molecule has 1 aliphatic heterocycles. The first-order valence-electron chi connectivity index (χ1n) is 5.19. The van der Waals surface area contributed by atoms with Gasteiger partial charge in [-0.3, -0.25) is 0 Å². The van der Waals surface area contributed by atoms with Crippen LogP contribution in [-0.2, 0) is 16.0 Å². The zero-order valence-corrected chi connectivity index (χ0v) is 9.51. The monoisotopic (exact) mass is 221 g/mol. The lowest BCUT2D eigenvalue weighted by Crippen LogP contribution is -2.39. The topological polar surface area (TPSA) is 49.2 Å². The number of terminal acetylenes is 1. The fourth-order valence-electron chi connectivity index (χ4n) is 1.44. The molecule has 1 saturated heterocycles. The van der Waals surface area contributed by atoms with Crippen molar-refractivity contribution in [2.75, 3.05) is 13.2 Å². The van der Waals surface area contributed by atoms with E-state index < -0.39 is 0 Å². The Morgan fingerprint density at radius 1 is 1.56 bits per heavy atom. The second kappa shape index (κ2) is 4.24. The Kier molecular flexibility index (Phi) is 2.95. The van der Waals surface area contributed by atoms with Crippen LogP contribution in [0.2, 0.25) is 0 Å². The van der Waals surface area contributed by atoms with E-state index in [9.17, 15) is 0 Å². The molecule has 86 valence electrons. The van der Waals surface area contributed by atoms with Crippen molar-refractivity contribution >= 4 is 0 Å². The van der Waals surface area contributed by atoms with Crippen LogP contribution < -0.4 is 0 Å². The Labute approximate surface area is 94.7 Å². The van der Waals surface area contributed by atoms with E-state index in [-0.39, 0.29) is 11.7 Å². The first-order valence-corrected chi connectivity index (χ1v) is 5.19. The minimum atomic E-state index is -0.264. The molecule has 5 heteroatoms. The van der Waals surface area contributed by atoms with E-state index in [1.807, 2.05) is 0 Å². The van der Waals surface area contributed by atoms with Crippen LogP contribution in [0, 0.1) is 17.8 Å². The van der Waals surface area contributed by atoms with Crippen LogP contribution in [0.4, 0.5) is 0 Å². The number of rotatable bonds is 2. The highest BCUT2D eigenvalue weighted by atomic mass is 16.7. The summed E-state index contributed by atoms with van der Waals surface area (Å²) in [7, 11) is 0. The maximum atomic E-state index is 5.58. The van der Waals surface area contributed by atoms with Crippen LogP contribution in [0.3, 0.4) is 0 Å². The average Bonchev–Trinajstić information content (AvgIpc) is 2.69. The van der Waals surface area contributed by atoms with Gasteiger partial charge in [-0.1, -0.05) is 19.1 Å².